The predicted molar refractivity (Wildman–Crippen MR) is 81.6 cm³/mol. The monoisotopic (exact) mass is 344 g/mol. The van der Waals surface area contributed by atoms with Crippen molar-refractivity contribution in [3.63, 3.8) is 0 Å². The van der Waals surface area contributed by atoms with Gasteiger partial charge in [0.2, 0.25) is 0 Å². The second-order valence-electron chi connectivity index (χ2n) is 3.60. The Kier molecular flexibility index (Phi) is 4.31. The molecule has 1 aromatic carbocycles. The van der Waals surface area contributed by atoms with E-state index in [1.807, 2.05) is 11.4 Å². The van der Waals surface area contributed by atoms with Crippen LogP contribution >= 0.6 is 39.5 Å². The van der Waals surface area contributed by atoms with Gasteiger partial charge in [0, 0.05) is 20.6 Å². The van der Waals surface area contributed by atoms with Crippen LogP contribution in [0.2, 0.25) is 0 Å². The first-order valence-electron chi connectivity index (χ1n) is 5.13. The summed E-state index contributed by atoms with van der Waals surface area (Å²) in [6.07, 6.45) is 0. The van der Waals surface area contributed by atoms with Crippen molar-refractivity contribution < 1.29 is 4.39 Å². The lowest BCUT2D eigenvalue weighted by Gasteiger charge is -2.07. The van der Waals surface area contributed by atoms with Gasteiger partial charge in [-0.05, 0) is 45.6 Å². The molecule has 2 aromatic rings. The topological polar surface area (TPSA) is 38.0 Å². The third kappa shape index (κ3) is 3.07. The summed E-state index contributed by atoms with van der Waals surface area (Å²) in [5.74, 6) is -0.405. The number of thiophene rings is 1. The Bertz CT molecular complexity index is 583. The van der Waals surface area contributed by atoms with E-state index in [2.05, 4.69) is 21.2 Å². The standard InChI is InChI=1S/C12H10BrFN2S2/c13-9-3-4-18-11(9)6-16-7-1-2-8(12(15)17)10(14)5-7/h1-5,16H,6H2,(H2,15,17). The Labute approximate surface area is 122 Å². The third-order valence-corrected chi connectivity index (χ3v) is 4.52. The second kappa shape index (κ2) is 5.77. The molecule has 2 nitrogen and oxygen atoms in total. The molecule has 1 aromatic heterocycles. The Morgan fingerprint density at radius 1 is 1.44 bits per heavy atom. The molecule has 0 saturated carbocycles. The molecule has 0 aliphatic carbocycles. The lowest BCUT2D eigenvalue weighted by atomic mass is 10.2. The van der Waals surface area contributed by atoms with E-state index in [-0.39, 0.29) is 10.6 Å². The van der Waals surface area contributed by atoms with Crippen molar-refractivity contribution in [2.45, 2.75) is 6.54 Å². The largest absolute Gasteiger partial charge is 0.389 e. The maximum absolute atomic E-state index is 13.6. The van der Waals surface area contributed by atoms with Crippen LogP contribution in [-0.2, 0) is 6.54 Å². The lowest BCUT2D eigenvalue weighted by molar-refractivity contribution is 0.626. The molecule has 0 bridgehead atoms. The number of thiocarbonyl (C=S) groups is 1. The fourth-order valence-corrected chi connectivity index (χ4v) is 3.06. The summed E-state index contributed by atoms with van der Waals surface area (Å²) in [5.41, 5.74) is 6.37. The van der Waals surface area contributed by atoms with Gasteiger partial charge < -0.3 is 11.1 Å². The first-order valence-corrected chi connectivity index (χ1v) is 7.21. The lowest BCUT2D eigenvalue weighted by Crippen LogP contribution is -2.11. The Hall–Kier alpha value is -0.980. The molecule has 3 N–H and O–H groups in total. The fourth-order valence-electron chi connectivity index (χ4n) is 1.46. The molecule has 0 saturated heterocycles. The molecule has 1 heterocycles. The summed E-state index contributed by atoms with van der Waals surface area (Å²) in [7, 11) is 0. The van der Waals surface area contributed by atoms with Gasteiger partial charge in [-0.1, -0.05) is 12.2 Å². The number of nitrogens with two attached hydrogens (primary N) is 1. The maximum atomic E-state index is 13.6. The van der Waals surface area contributed by atoms with Crippen molar-refractivity contribution >= 4 is 50.2 Å². The van der Waals surface area contributed by atoms with Crippen molar-refractivity contribution in [3.8, 4) is 0 Å². The summed E-state index contributed by atoms with van der Waals surface area (Å²) in [4.78, 5) is 1.23. The number of rotatable bonds is 4. The molecule has 0 atom stereocenters. The first kappa shape index (κ1) is 13.5. The maximum Gasteiger partial charge on any atom is 0.135 e. The van der Waals surface area contributed by atoms with E-state index in [0.717, 1.165) is 9.35 Å². The van der Waals surface area contributed by atoms with Gasteiger partial charge in [-0.15, -0.1) is 11.3 Å². The van der Waals surface area contributed by atoms with E-state index in [9.17, 15) is 4.39 Å². The van der Waals surface area contributed by atoms with Crippen molar-refractivity contribution in [1.82, 2.24) is 0 Å². The zero-order valence-electron chi connectivity index (χ0n) is 9.24. The third-order valence-electron chi connectivity index (χ3n) is 2.38. The molecule has 0 fully saturated rings. The van der Waals surface area contributed by atoms with Crippen LogP contribution in [0.3, 0.4) is 0 Å². The van der Waals surface area contributed by atoms with Gasteiger partial charge in [-0.2, -0.15) is 0 Å². The average Bonchev–Trinajstić information content (AvgIpc) is 2.72. The van der Waals surface area contributed by atoms with Crippen molar-refractivity contribution in [2.24, 2.45) is 5.73 Å². The number of hydrogen-bond donors (Lipinski definition) is 2. The zero-order valence-corrected chi connectivity index (χ0v) is 12.5. The molecule has 6 heteroatoms. The Balaban J connectivity index is 2.09. The number of anilines is 1. The van der Waals surface area contributed by atoms with E-state index in [1.54, 1.807) is 23.5 Å². The molecular formula is C12H10BrFN2S2. The van der Waals surface area contributed by atoms with Gasteiger partial charge in [-0.25, -0.2) is 4.39 Å². The van der Waals surface area contributed by atoms with Crippen molar-refractivity contribution in [1.29, 1.82) is 0 Å². The van der Waals surface area contributed by atoms with Crippen molar-refractivity contribution in [3.05, 3.63) is 50.4 Å². The van der Waals surface area contributed by atoms with Crippen LogP contribution in [0.4, 0.5) is 10.1 Å². The Morgan fingerprint density at radius 2 is 2.22 bits per heavy atom. The van der Waals surface area contributed by atoms with Gasteiger partial charge in [0.05, 0.1) is 6.54 Å². The van der Waals surface area contributed by atoms with Crippen LogP contribution < -0.4 is 11.1 Å². The molecule has 0 unspecified atom stereocenters. The molecule has 0 aliphatic heterocycles. The second-order valence-corrected chi connectivity index (χ2v) is 5.90. The SMILES string of the molecule is NC(=S)c1ccc(NCc2sccc2Br)cc1F. The van der Waals surface area contributed by atoms with E-state index >= 15 is 0 Å². The summed E-state index contributed by atoms with van der Waals surface area (Å²) in [6.45, 7) is 0.643. The van der Waals surface area contributed by atoms with Gasteiger partial charge in [0.25, 0.3) is 0 Å². The number of nitrogens with one attached hydrogen (secondary N) is 1. The summed E-state index contributed by atoms with van der Waals surface area (Å²) in [6, 6.07) is 6.73. The van der Waals surface area contributed by atoms with E-state index in [4.69, 9.17) is 18.0 Å². The van der Waals surface area contributed by atoms with Crippen LogP contribution in [0.5, 0.6) is 0 Å². The van der Waals surface area contributed by atoms with Gasteiger partial charge in [-0.3, -0.25) is 0 Å². The Morgan fingerprint density at radius 3 is 2.78 bits per heavy atom. The van der Waals surface area contributed by atoms with E-state index < -0.39 is 5.82 Å². The molecule has 18 heavy (non-hydrogen) atoms. The van der Waals surface area contributed by atoms with Gasteiger partial charge >= 0.3 is 0 Å². The first-order chi connectivity index (χ1) is 8.58. The molecule has 0 radical (unpaired) electrons. The van der Waals surface area contributed by atoms with Crippen molar-refractivity contribution in [2.75, 3.05) is 5.32 Å². The molecule has 0 amide bonds. The highest BCUT2D eigenvalue weighted by molar-refractivity contribution is 9.10. The molecular weight excluding hydrogens is 335 g/mol. The smallest absolute Gasteiger partial charge is 0.135 e. The van der Waals surface area contributed by atoms with Crippen LogP contribution in [0.15, 0.2) is 34.1 Å². The molecule has 94 valence electrons. The normalized spacial score (nSPS) is 10.3. The zero-order chi connectivity index (χ0) is 13.1. The van der Waals surface area contributed by atoms with Crippen LogP contribution in [0.25, 0.3) is 0 Å². The highest BCUT2D eigenvalue weighted by Crippen LogP contribution is 2.24. The fraction of sp³-hybridized carbons (Fsp3) is 0.0833. The highest BCUT2D eigenvalue weighted by atomic mass is 79.9. The summed E-state index contributed by atoms with van der Waals surface area (Å²) in [5, 5.41) is 5.15. The molecule has 0 spiro atoms. The van der Waals surface area contributed by atoms with E-state index in [0.29, 0.717) is 12.2 Å². The summed E-state index contributed by atoms with van der Waals surface area (Å²) < 4.78 is 14.7. The van der Waals surface area contributed by atoms with Gasteiger partial charge in [0.15, 0.2) is 0 Å². The summed E-state index contributed by atoms with van der Waals surface area (Å²) >= 11 is 9.84. The van der Waals surface area contributed by atoms with Gasteiger partial charge in [0.1, 0.15) is 10.8 Å². The predicted octanol–water partition coefficient (Wildman–Crippen LogP) is 3.90. The minimum absolute atomic E-state index is 0.0695. The van der Waals surface area contributed by atoms with Crippen LogP contribution in [0.1, 0.15) is 10.4 Å². The quantitative estimate of drug-likeness (QED) is 0.826. The number of benzene rings is 1. The average molecular weight is 345 g/mol. The molecule has 2 rings (SSSR count). The van der Waals surface area contributed by atoms with Crippen LogP contribution in [0, 0.1) is 5.82 Å². The van der Waals surface area contributed by atoms with E-state index in [1.165, 1.54) is 6.07 Å². The minimum atomic E-state index is -0.405. The molecule has 0 aliphatic rings. The van der Waals surface area contributed by atoms with Crippen LogP contribution in [-0.4, -0.2) is 4.99 Å². The number of hydrogen-bond acceptors (Lipinski definition) is 3. The minimum Gasteiger partial charge on any atom is -0.389 e. The number of halogens is 2. The highest BCUT2D eigenvalue weighted by Gasteiger charge is 2.06.